The topological polar surface area (TPSA) is 37.3 Å². The zero-order chi connectivity index (χ0) is 12.6. The van der Waals surface area contributed by atoms with Crippen LogP contribution in [0, 0.1) is 17.5 Å². The Morgan fingerprint density at radius 1 is 1.12 bits per heavy atom. The number of carboxylic acid groups (broad SMARTS) is 1. The van der Waals surface area contributed by atoms with Crippen molar-refractivity contribution in [3.05, 3.63) is 35.1 Å². The van der Waals surface area contributed by atoms with Gasteiger partial charge in [-0.1, -0.05) is 12.8 Å². The van der Waals surface area contributed by atoms with Gasteiger partial charge in [-0.3, -0.25) is 4.79 Å². The molecule has 0 radical (unpaired) electrons. The molecule has 17 heavy (non-hydrogen) atoms. The van der Waals surface area contributed by atoms with Crippen LogP contribution in [-0.2, 0) is 10.2 Å². The predicted molar refractivity (Wildman–Crippen MR) is 54.1 cm³/mol. The van der Waals surface area contributed by atoms with E-state index in [-0.39, 0.29) is 12.8 Å². The normalized spacial score (nSPS) is 18.3. The van der Waals surface area contributed by atoms with Gasteiger partial charge in [0.25, 0.3) is 0 Å². The second kappa shape index (κ2) is 4.05. The van der Waals surface area contributed by atoms with Crippen LogP contribution in [0.25, 0.3) is 0 Å². The lowest BCUT2D eigenvalue weighted by Crippen LogP contribution is -2.35. The van der Waals surface area contributed by atoms with Crippen molar-refractivity contribution in [1.29, 1.82) is 0 Å². The molecule has 0 unspecified atom stereocenters. The zero-order valence-corrected chi connectivity index (χ0v) is 8.97. The first-order valence-electron chi connectivity index (χ1n) is 5.36. The third kappa shape index (κ3) is 1.69. The van der Waals surface area contributed by atoms with Crippen LogP contribution >= 0.6 is 0 Å². The average Bonchev–Trinajstić information content (AvgIpc) is 2.74. The third-order valence-electron chi connectivity index (χ3n) is 3.39. The molecule has 0 aromatic heterocycles. The quantitative estimate of drug-likeness (QED) is 0.812. The van der Waals surface area contributed by atoms with Crippen LogP contribution in [0.3, 0.4) is 0 Å². The smallest absolute Gasteiger partial charge is 0.314 e. The molecular formula is C12H11F3O2. The van der Waals surface area contributed by atoms with Gasteiger partial charge in [0.2, 0.25) is 0 Å². The molecule has 92 valence electrons. The number of carbonyl (C=O) groups is 1. The first kappa shape index (κ1) is 12.0. The van der Waals surface area contributed by atoms with Gasteiger partial charge in [-0.05, 0) is 25.0 Å². The van der Waals surface area contributed by atoms with Crippen molar-refractivity contribution >= 4 is 5.97 Å². The van der Waals surface area contributed by atoms with Gasteiger partial charge in [-0.25, -0.2) is 13.2 Å². The highest BCUT2D eigenvalue weighted by atomic mass is 19.2. The van der Waals surface area contributed by atoms with Gasteiger partial charge >= 0.3 is 5.97 Å². The Kier molecular flexibility index (Phi) is 2.85. The summed E-state index contributed by atoms with van der Waals surface area (Å²) in [6.07, 6.45) is 1.42. The number of hydrogen-bond acceptors (Lipinski definition) is 1. The van der Waals surface area contributed by atoms with Gasteiger partial charge in [0.1, 0.15) is 5.82 Å². The minimum Gasteiger partial charge on any atom is -0.481 e. The molecule has 1 fully saturated rings. The Hall–Kier alpha value is -1.52. The van der Waals surface area contributed by atoms with Crippen molar-refractivity contribution in [2.24, 2.45) is 0 Å². The summed E-state index contributed by atoms with van der Waals surface area (Å²) in [6, 6.07) is 1.44. The lowest BCUT2D eigenvalue weighted by Gasteiger charge is -2.25. The zero-order valence-electron chi connectivity index (χ0n) is 8.97. The molecule has 1 N–H and O–H groups in total. The highest BCUT2D eigenvalue weighted by Crippen LogP contribution is 2.43. The van der Waals surface area contributed by atoms with Crippen LogP contribution in [0.5, 0.6) is 0 Å². The standard InChI is InChI=1S/C12H11F3O2/c13-7-3-4-8(14)10(15)9(7)12(11(16)17)5-1-2-6-12/h3-4H,1-2,5-6H2,(H,16,17). The Labute approximate surface area is 96.1 Å². The Bertz CT molecular complexity index is 465. The highest BCUT2D eigenvalue weighted by molar-refractivity contribution is 5.82. The molecule has 2 rings (SSSR count). The largest absolute Gasteiger partial charge is 0.481 e. The van der Waals surface area contributed by atoms with E-state index in [0.29, 0.717) is 18.9 Å². The summed E-state index contributed by atoms with van der Waals surface area (Å²) in [5.74, 6) is -4.88. The van der Waals surface area contributed by atoms with E-state index in [0.717, 1.165) is 6.07 Å². The van der Waals surface area contributed by atoms with E-state index in [1.807, 2.05) is 0 Å². The number of rotatable bonds is 2. The van der Waals surface area contributed by atoms with Crippen LogP contribution in [0.15, 0.2) is 12.1 Å². The summed E-state index contributed by atoms with van der Waals surface area (Å²) < 4.78 is 40.4. The van der Waals surface area contributed by atoms with Crippen molar-refractivity contribution < 1.29 is 23.1 Å². The molecule has 1 aliphatic carbocycles. The molecule has 0 atom stereocenters. The second-order valence-electron chi connectivity index (χ2n) is 4.31. The minimum absolute atomic E-state index is 0.139. The molecule has 1 aromatic rings. The molecule has 0 aliphatic heterocycles. The molecule has 0 heterocycles. The highest BCUT2D eigenvalue weighted by Gasteiger charge is 2.47. The third-order valence-corrected chi connectivity index (χ3v) is 3.39. The van der Waals surface area contributed by atoms with E-state index in [1.165, 1.54) is 0 Å². The molecule has 0 amide bonds. The van der Waals surface area contributed by atoms with Crippen molar-refractivity contribution in [1.82, 2.24) is 0 Å². The number of aliphatic carboxylic acids is 1. The fourth-order valence-electron chi connectivity index (χ4n) is 2.52. The van der Waals surface area contributed by atoms with Gasteiger partial charge < -0.3 is 5.11 Å². The summed E-state index contributed by atoms with van der Waals surface area (Å²) in [4.78, 5) is 11.3. The summed E-state index contributed by atoms with van der Waals surface area (Å²) >= 11 is 0. The van der Waals surface area contributed by atoms with Gasteiger partial charge in [0.05, 0.1) is 5.41 Å². The minimum atomic E-state index is -1.61. The molecule has 1 aromatic carbocycles. The second-order valence-corrected chi connectivity index (χ2v) is 4.31. The van der Waals surface area contributed by atoms with Crippen LogP contribution in [0.1, 0.15) is 31.2 Å². The average molecular weight is 244 g/mol. The molecule has 1 saturated carbocycles. The van der Waals surface area contributed by atoms with Gasteiger partial charge in [0, 0.05) is 5.56 Å². The number of carboxylic acids is 1. The van der Waals surface area contributed by atoms with Crippen LogP contribution in [0.4, 0.5) is 13.2 Å². The molecule has 5 heteroatoms. The van der Waals surface area contributed by atoms with Crippen molar-refractivity contribution in [3.63, 3.8) is 0 Å². The van der Waals surface area contributed by atoms with Gasteiger partial charge in [-0.15, -0.1) is 0 Å². The first-order chi connectivity index (χ1) is 7.99. The summed E-state index contributed by atoms with van der Waals surface area (Å²) in [5, 5.41) is 9.20. The monoisotopic (exact) mass is 244 g/mol. The molecule has 1 aliphatic rings. The molecule has 0 spiro atoms. The number of benzene rings is 1. The summed E-state index contributed by atoms with van der Waals surface area (Å²) in [6.45, 7) is 0. The van der Waals surface area contributed by atoms with Crippen molar-refractivity contribution in [2.45, 2.75) is 31.1 Å². The summed E-state index contributed by atoms with van der Waals surface area (Å²) in [5.41, 5.74) is -2.25. The molecular weight excluding hydrogens is 233 g/mol. The Morgan fingerprint density at radius 2 is 1.65 bits per heavy atom. The Balaban J connectivity index is 2.66. The molecule has 2 nitrogen and oxygen atoms in total. The maximum atomic E-state index is 13.6. The summed E-state index contributed by atoms with van der Waals surface area (Å²) in [7, 11) is 0. The first-order valence-corrected chi connectivity index (χ1v) is 5.36. The maximum Gasteiger partial charge on any atom is 0.314 e. The van der Waals surface area contributed by atoms with E-state index in [4.69, 9.17) is 0 Å². The van der Waals surface area contributed by atoms with Crippen molar-refractivity contribution in [3.8, 4) is 0 Å². The predicted octanol–water partition coefficient (Wildman–Crippen LogP) is 3.00. The van der Waals surface area contributed by atoms with E-state index in [2.05, 4.69) is 0 Å². The fourth-order valence-corrected chi connectivity index (χ4v) is 2.52. The fraction of sp³-hybridized carbons (Fsp3) is 0.417. The number of halogens is 3. The Morgan fingerprint density at radius 3 is 2.18 bits per heavy atom. The maximum absolute atomic E-state index is 13.6. The van der Waals surface area contributed by atoms with Gasteiger partial charge in [0.15, 0.2) is 11.6 Å². The van der Waals surface area contributed by atoms with E-state index < -0.39 is 34.4 Å². The molecule has 0 saturated heterocycles. The van der Waals surface area contributed by atoms with Gasteiger partial charge in [-0.2, -0.15) is 0 Å². The van der Waals surface area contributed by atoms with E-state index in [9.17, 15) is 23.1 Å². The van der Waals surface area contributed by atoms with E-state index >= 15 is 0 Å². The van der Waals surface area contributed by atoms with Crippen LogP contribution in [0.2, 0.25) is 0 Å². The van der Waals surface area contributed by atoms with Crippen LogP contribution < -0.4 is 0 Å². The van der Waals surface area contributed by atoms with Crippen molar-refractivity contribution in [2.75, 3.05) is 0 Å². The SMILES string of the molecule is O=C(O)C1(c2c(F)ccc(F)c2F)CCCC1. The lowest BCUT2D eigenvalue weighted by atomic mass is 9.78. The number of hydrogen-bond donors (Lipinski definition) is 1. The lowest BCUT2D eigenvalue weighted by molar-refractivity contribution is -0.143. The van der Waals surface area contributed by atoms with E-state index in [1.54, 1.807) is 0 Å². The van der Waals surface area contributed by atoms with Crippen LogP contribution in [-0.4, -0.2) is 11.1 Å². The molecule has 0 bridgehead atoms.